The molecule has 1 saturated heterocycles. The van der Waals surface area contributed by atoms with Crippen LogP contribution in [0, 0.1) is 0 Å². The van der Waals surface area contributed by atoms with Crippen LogP contribution in [-0.2, 0) is 4.74 Å². The molecular weight excluding hydrogens is 246 g/mol. The number of aliphatic hydroxyl groups excluding tert-OH is 4. The molecular formula is C12H16O6. The molecule has 4 N–H and O–H groups in total. The van der Waals surface area contributed by atoms with Gasteiger partial charge in [-0.05, 0) is 12.1 Å². The van der Waals surface area contributed by atoms with Crippen LogP contribution in [0.1, 0.15) is 0 Å². The predicted octanol–water partition coefficient (Wildman–Crippen LogP) is -1.13. The molecule has 1 aliphatic rings. The molecule has 1 fully saturated rings. The van der Waals surface area contributed by atoms with Gasteiger partial charge in [-0.15, -0.1) is 0 Å². The Balaban J connectivity index is 2.08. The fraction of sp³-hybridized carbons (Fsp3) is 0.500. The molecule has 1 aromatic carbocycles. The number of rotatable bonds is 3. The summed E-state index contributed by atoms with van der Waals surface area (Å²) >= 11 is 0. The highest BCUT2D eigenvalue weighted by Gasteiger charge is 2.44. The van der Waals surface area contributed by atoms with E-state index in [1.54, 1.807) is 30.3 Å². The highest BCUT2D eigenvalue weighted by molar-refractivity contribution is 5.21. The van der Waals surface area contributed by atoms with Crippen molar-refractivity contribution < 1.29 is 29.9 Å². The average molecular weight is 262 g/mol. The first-order valence-electron chi connectivity index (χ1n) is 5.65. The van der Waals surface area contributed by atoms with Crippen LogP contribution in [0.2, 0.25) is 0 Å². The maximum absolute atomic E-state index is 9.74. The van der Waals surface area contributed by atoms with Crippen molar-refractivity contribution >= 4 is 0 Å². The molecule has 0 aromatic heterocycles. The monoisotopic (exact) mass is 262 g/mol. The molecule has 6 nitrogen and oxygen atoms in total. The van der Waals surface area contributed by atoms with E-state index < -0.39 is 37.3 Å². The molecule has 0 bridgehead atoms. The summed E-state index contributed by atoms with van der Waals surface area (Å²) in [5, 5.41) is 37.9. The third kappa shape index (κ3) is 2.63. The molecule has 2 rings (SSSR count). The van der Waals surface area contributed by atoms with Crippen molar-refractivity contribution in [3.05, 3.63) is 30.3 Å². The van der Waals surface area contributed by atoms with Gasteiger partial charge in [0.1, 0.15) is 30.2 Å². The summed E-state index contributed by atoms with van der Waals surface area (Å²) in [5.41, 5.74) is 0. The predicted molar refractivity (Wildman–Crippen MR) is 60.8 cm³/mol. The molecule has 0 aliphatic carbocycles. The molecule has 100 valence electrons. The summed E-state index contributed by atoms with van der Waals surface area (Å²) in [7, 11) is 0. The zero-order valence-electron chi connectivity index (χ0n) is 9.59. The van der Waals surface area contributed by atoms with Gasteiger partial charge in [0.15, 0.2) is 0 Å². The molecule has 18 heavy (non-hydrogen) atoms. The Labute approximate surface area is 104 Å². The summed E-state index contributed by atoms with van der Waals surface area (Å²) in [4.78, 5) is 0. The van der Waals surface area contributed by atoms with Crippen LogP contribution in [-0.4, -0.2) is 57.7 Å². The molecule has 1 heterocycles. The van der Waals surface area contributed by atoms with Gasteiger partial charge < -0.3 is 29.9 Å². The van der Waals surface area contributed by atoms with Crippen molar-refractivity contribution in [1.29, 1.82) is 0 Å². The maximum atomic E-state index is 9.74. The molecule has 0 unspecified atom stereocenters. The number of para-hydroxylation sites is 1. The van der Waals surface area contributed by atoms with Crippen molar-refractivity contribution in [3.63, 3.8) is 0 Å². The van der Waals surface area contributed by atoms with Crippen LogP contribution in [0.15, 0.2) is 30.3 Å². The van der Waals surface area contributed by atoms with Crippen molar-refractivity contribution in [3.8, 4) is 5.75 Å². The molecule has 0 radical (unpaired) electrons. The van der Waals surface area contributed by atoms with Gasteiger partial charge in [0.05, 0.1) is 6.61 Å². The largest absolute Gasteiger partial charge is 0.462 e. The Bertz CT molecular complexity index is 368. The minimum Gasteiger partial charge on any atom is -0.462 e. The molecule has 0 spiro atoms. The molecule has 0 amide bonds. The van der Waals surface area contributed by atoms with Crippen molar-refractivity contribution in [2.75, 3.05) is 6.61 Å². The Morgan fingerprint density at radius 1 is 1.00 bits per heavy atom. The van der Waals surface area contributed by atoms with Gasteiger partial charge in [-0.1, -0.05) is 18.2 Å². The second kappa shape index (κ2) is 5.64. The van der Waals surface area contributed by atoms with Crippen LogP contribution in [0.25, 0.3) is 0 Å². The van der Waals surface area contributed by atoms with Crippen LogP contribution in [0.5, 0.6) is 5.75 Å². The van der Waals surface area contributed by atoms with Crippen molar-refractivity contribution in [1.82, 2.24) is 0 Å². The minimum atomic E-state index is -1.43. The first kappa shape index (κ1) is 13.3. The lowest BCUT2D eigenvalue weighted by Gasteiger charge is -2.39. The second-order valence-electron chi connectivity index (χ2n) is 4.13. The Morgan fingerprint density at radius 2 is 1.67 bits per heavy atom. The van der Waals surface area contributed by atoms with Gasteiger partial charge in [-0.3, -0.25) is 0 Å². The zero-order chi connectivity index (χ0) is 13.1. The molecule has 1 aliphatic heterocycles. The Hall–Kier alpha value is -1.18. The van der Waals surface area contributed by atoms with E-state index in [1.807, 2.05) is 0 Å². The van der Waals surface area contributed by atoms with Crippen LogP contribution in [0.4, 0.5) is 0 Å². The number of aliphatic hydroxyl groups is 4. The van der Waals surface area contributed by atoms with Gasteiger partial charge in [-0.2, -0.15) is 0 Å². The lowest BCUT2D eigenvalue weighted by atomic mass is 10.3. The standard InChI is InChI=1S/C12H16O6/c13-6-8-9(14)10(15)11(16)12(18-8)17-7-4-2-1-3-5-7/h1-5,8-16H,6H2/t8-,9-,10+,11-,12-/m1/s1/i6+1,8+1,9+1,10+1,11+1,12+1. The second-order valence-corrected chi connectivity index (χ2v) is 4.13. The van der Waals surface area contributed by atoms with E-state index in [0.29, 0.717) is 5.75 Å². The van der Waals surface area contributed by atoms with Crippen molar-refractivity contribution in [2.45, 2.75) is 30.7 Å². The average Bonchev–Trinajstić information content (AvgIpc) is 2.40. The van der Waals surface area contributed by atoms with E-state index in [2.05, 4.69) is 0 Å². The Kier molecular flexibility index (Phi) is 4.15. The summed E-state index contributed by atoms with van der Waals surface area (Å²) in [6.45, 7) is -0.473. The van der Waals surface area contributed by atoms with E-state index >= 15 is 0 Å². The zero-order valence-corrected chi connectivity index (χ0v) is 9.59. The van der Waals surface area contributed by atoms with Crippen molar-refractivity contribution in [2.24, 2.45) is 0 Å². The molecule has 1 aromatic rings. The van der Waals surface area contributed by atoms with E-state index in [1.165, 1.54) is 0 Å². The van der Waals surface area contributed by atoms with Gasteiger partial charge in [-0.25, -0.2) is 0 Å². The molecule has 0 saturated carbocycles. The summed E-state index contributed by atoms with van der Waals surface area (Å²) in [6.07, 6.45) is -6.28. The maximum Gasteiger partial charge on any atom is 0.229 e. The number of hydrogen-bond acceptors (Lipinski definition) is 6. The lowest BCUT2D eigenvalue weighted by molar-refractivity contribution is -0.277. The fourth-order valence-corrected chi connectivity index (χ4v) is 1.80. The van der Waals surface area contributed by atoms with Crippen LogP contribution >= 0.6 is 0 Å². The van der Waals surface area contributed by atoms with Gasteiger partial charge >= 0.3 is 0 Å². The molecule has 6 heteroatoms. The lowest BCUT2D eigenvalue weighted by Crippen LogP contribution is -2.60. The van der Waals surface area contributed by atoms with E-state index in [4.69, 9.17) is 14.6 Å². The summed E-state index contributed by atoms with van der Waals surface area (Å²) in [6, 6.07) is 8.64. The van der Waals surface area contributed by atoms with Crippen LogP contribution in [0.3, 0.4) is 0 Å². The van der Waals surface area contributed by atoms with E-state index in [9.17, 15) is 15.3 Å². The molecule has 5 atom stereocenters. The highest BCUT2D eigenvalue weighted by Crippen LogP contribution is 2.23. The number of ether oxygens (including phenoxy) is 2. The Morgan fingerprint density at radius 3 is 2.28 bits per heavy atom. The number of hydrogen-bond donors (Lipinski definition) is 4. The smallest absolute Gasteiger partial charge is 0.229 e. The first-order chi connectivity index (χ1) is 8.63. The van der Waals surface area contributed by atoms with E-state index in [-0.39, 0.29) is 0 Å². The van der Waals surface area contributed by atoms with Gasteiger partial charge in [0.2, 0.25) is 6.29 Å². The van der Waals surface area contributed by atoms with Gasteiger partial charge in [0.25, 0.3) is 0 Å². The minimum absolute atomic E-state index is 0.460. The normalized spacial score (nSPS) is 36.3. The SMILES string of the molecule is O[13CH2][13C@H]1O[13C@@H](Oc2ccccc2)[13C@H](O)[13C@@H](O)[13C@@H]1O. The van der Waals surface area contributed by atoms with Crippen LogP contribution < -0.4 is 4.74 Å². The first-order valence-corrected chi connectivity index (χ1v) is 5.65. The number of benzene rings is 1. The quantitative estimate of drug-likeness (QED) is 0.514. The summed E-state index contributed by atoms with van der Waals surface area (Å²) < 4.78 is 10.6. The summed E-state index contributed by atoms with van der Waals surface area (Å²) in [5.74, 6) is 0.460. The highest BCUT2D eigenvalue weighted by atomic mass is 16.9. The third-order valence-corrected chi connectivity index (χ3v) is 2.84. The third-order valence-electron chi connectivity index (χ3n) is 2.84. The van der Waals surface area contributed by atoms with E-state index in [0.717, 1.165) is 0 Å². The van der Waals surface area contributed by atoms with Gasteiger partial charge in [0, 0.05) is 0 Å². The topological polar surface area (TPSA) is 99.4 Å². The fourth-order valence-electron chi connectivity index (χ4n) is 1.80.